The standard InChI is InChI=1S/C11H21NO2/c1-9(2)11(13)7-12-6-10-4-3-5-14-8-10/h4,9,11-13H,3,5-8H2,1-2H3. The van der Waals surface area contributed by atoms with Gasteiger partial charge in [-0.15, -0.1) is 0 Å². The van der Waals surface area contributed by atoms with E-state index in [4.69, 9.17) is 4.74 Å². The Hall–Kier alpha value is -0.380. The maximum atomic E-state index is 9.54. The lowest BCUT2D eigenvalue weighted by Gasteiger charge is -2.17. The summed E-state index contributed by atoms with van der Waals surface area (Å²) in [5.41, 5.74) is 1.30. The van der Waals surface area contributed by atoms with E-state index in [1.54, 1.807) is 0 Å². The van der Waals surface area contributed by atoms with Crippen LogP contribution in [0.5, 0.6) is 0 Å². The molecular formula is C11H21NO2. The smallest absolute Gasteiger partial charge is 0.0689 e. The Kier molecular flexibility index (Phi) is 5.15. The second-order valence-corrected chi connectivity index (χ2v) is 4.15. The first kappa shape index (κ1) is 11.7. The summed E-state index contributed by atoms with van der Waals surface area (Å²) < 4.78 is 5.32. The minimum Gasteiger partial charge on any atom is -0.392 e. The molecule has 1 aliphatic heterocycles. The van der Waals surface area contributed by atoms with Crippen molar-refractivity contribution < 1.29 is 9.84 Å². The van der Waals surface area contributed by atoms with Crippen LogP contribution in [0, 0.1) is 5.92 Å². The predicted molar refractivity (Wildman–Crippen MR) is 57.2 cm³/mol. The van der Waals surface area contributed by atoms with Gasteiger partial charge in [-0.25, -0.2) is 0 Å². The van der Waals surface area contributed by atoms with E-state index in [2.05, 4.69) is 11.4 Å². The van der Waals surface area contributed by atoms with Crippen molar-refractivity contribution in [2.45, 2.75) is 26.4 Å². The fourth-order valence-electron chi connectivity index (χ4n) is 1.35. The SMILES string of the molecule is CC(C)C(O)CNCC1=CCCOC1. The predicted octanol–water partition coefficient (Wildman–Crippen LogP) is 0.940. The molecule has 1 aliphatic rings. The molecule has 0 fully saturated rings. The summed E-state index contributed by atoms with van der Waals surface area (Å²) in [5.74, 6) is 0.319. The minimum atomic E-state index is -0.250. The van der Waals surface area contributed by atoms with Gasteiger partial charge in [-0.05, 0) is 17.9 Å². The van der Waals surface area contributed by atoms with Crippen LogP contribution in [0.4, 0.5) is 0 Å². The van der Waals surface area contributed by atoms with Crippen molar-refractivity contribution >= 4 is 0 Å². The Morgan fingerprint density at radius 2 is 2.36 bits per heavy atom. The number of hydrogen-bond donors (Lipinski definition) is 2. The van der Waals surface area contributed by atoms with Gasteiger partial charge in [0.05, 0.1) is 19.3 Å². The van der Waals surface area contributed by atoms with Crippen LogP contribution in [-0.4, -0.2) is 37.5 Å². The van der Waals surface area contributed by atoms with Crippen molar-refractivity contribution in [2.24, 2.45) is 5.92 Å². The first-order valence-electron chi connectivity index (χ1n) is 5.34. The molecule has 3 heteroatoms. The summed E-state index contributed by atoms with van der Waals surface area (Å²) in [6.07, 6.45) is 2.99. The van der Waals surface area contributed by atoms with Crippen LogP contribution in [-0.2, 0) is 4.74 Å². The molecule has 0 aromatic carbocycles. The number of aliphatic hydroxyl groups is 1. The summed E-state index contributed by atoms with van der Waals surface area (Å²) in [7, 11) is 0. The highest BCUT2D eigenvalue weighted by Gasteiger charge is 2.09. The van der Waals surface area contributed by atoms with E-state index in [1.165, 1.54) is 5.57 Å². The Morgan fingerprint density at radius 3 is 2.93 bits per heavy atom. The fraction of sp³-hybridized carbons (Fsp3) is 0.818. The highest BCUT2D eigenvalue weighted by atomic mass is 16.5. The molecule has 0 saturated carbocycles. The molecule has 1 heterocycles. The molecule has 3 nitrogen and oxygen atoms in total. The Labute approximate surface area is 86.2 Å². The molecule has 14 heavy (non-hydrogen) atoms. The molecule has 0 amide bonds. The van der Waals surface area contributed by atoms with Gasteiger partial charge in [0.15, 0.2) is 0 Å². The van der Waals surface area contributed by atoms with Gasteiger partial charge in [-0.1, -0.05) is 19.9 Å². The van der Waals surface area contributed by atoms with Gasteiger partial charge in [0.2, 0.25) is 0 Å². The average Bonchev–Trinajstić information content (AvgIpc) is 2.19. The van der Waals surface area contributed by atoms with Crippen molar-refractivity contribution in [1.29, 1.82) is 0 Å². The van der Waals surface area contributed by atoms with E-state index in [0.717, 1.165) is 26.2 Å². The second kappa shape index (κ2) is 6.17. The Bertz CT molecular complexity index is 190. The molecule has 0 bridgehead atoms. The van der Waals surface area contributed by atoms with E-state index in [1.807, 2.05) is 13.8 Å². The van der Waals surface area contributed by atoms with E-state index in [-0.39, 0.29) is 6.10 Å². The Balaban J connectivity index is 2.11. The van der Waals surface area contributed by atoms with Gasteiger partial charge in [-0.2, -0.15) is 0 Å². The third kappa shape index (κ3) is 4.22. The van der Waals surface area contributed by atoms with Crippen molar-refractivity contribution in [3.63, 3.8) is 0 Å². The molecule has 82 valence electrons. The number of nitrogens with one attached hydrogen (secondary N) is 1. The molecule has 0 aliphatic carbocycles. The molecule has 0 aromatic rings. The summed E-state index contributed by atoms with van der Waals surface area (Å²) in [6, 6.07) is 0. The van der Waals surface area contributed by atoms with Gasteiger partial charge < -0.3 is 15.2 Å². The van der Waals surface area contributed by atoms with Crippen LogP contribution < -0.4 is 5.32 Å². The van der Waals surface area contributed by atoms with Crippen LogP contribution in [0.3, 0.4) is 0 Å². The number of rotatable bonds is 5. The molecule has 1 unspecified atom stereocenters. The third-order valence-corrected chi connectivity index (χ3v) is 2.46. The quantitative estimate of drug-likeness (QED) is 0.647. The molecule has 0 aromatic heterocycles. The lowest BCUT2D eigenvalue weighted by molar-refractivity contribution is 0.122. The van der Waals surface area contributed by atoms with Crippen LogP contribution in [0.15, 0.2) is 11.6 Å². The van der Waals surface area contributed by atoms with E-state index in [0.29, 0.717) is 12.5 Å². The summed E-state index contributed by atoms with van der Waals surface area (Å²) in [6.45, 7) is 7.13. The number of ether oxygens (including phenoxy) is 1. The lowest BCUT2D eigenvalue weighted by Crippen LogP contribution is -2.32. The van der Waals surface area contributed by atoms with Crippen LogP contribution >= 0.6 is 0 Å². The molecule has 0 saturated heterocycles. The minimum absolute atomic E-state index is 0.250. The number of hydrogen-bond acceptors (Lipinski definition) is 3. The van der Waals surface area contributed by atoms with Crippen molar-refractivity contribution in [3.8, 4) is 0 Å². The van der Waals surface area contributed by atoms with E-state index >= 15 is 0 Å². The normalized spacial score (nSPS) is 19.6. The Morgan fingerprint density at radius 1 is 1.57 bits per heavy atom. The largest absolute Gasteiger partial charge is 0.392 e. The fourth-order valence-corrected chi connectivity index (χ4v) is 1.35. The molecule has 1 rings (SSSR count). The molecule has 2 N–H and O–H groups in total. The zero-order valence-electron chi connectivity index (χ0n) is 9.12. The summed E-state index contributed by atoms with van der Waals surface area (Å²) in [4.78, 5) is 0. The van der Waals surface area contributed by atoms with E-state index < -0.39 is 0 Å². The maximum absolute atomic E-state index is 9.54. The first-order chi connectivity index (χ1) is 6.70. The highest BCUT2D eigenvalue weighted by Crippen LogP contribution is 2.04. The molecule has 1 atom stereocenters. The number of aliphatic hydroxyl groups excluding tert-OH is 1. The highest BCUT2D eigenvalue weighted by molar-refractivity contribution is 5.06. The van der Waals surface area contributed by atoms with Gasteiger partial charge in [0.25, 0.3) is 0 Å². The van der Waals surface area contributed by atoms with Gasteiger partial charge in [-0.3, -0.25) is 0 Å². The van der Waals surface area contributed by atoms with Crippen LogP contribution in [0.25, 0.3) is 0 Å². The topological polar surface area (TPSA) is 41.5 Å². The zero-order chi connectivity index (χ0) is 10.4. The van der Waals surface area contributed by atoms with Crippen LogP contribution in [0.1, 0.15) is 20.3 Å². The average molecular weight is 199 g/mol. The zero-order valence-corrected chi connectivity index (χ0v) is 9.12. The molecule has 0 spiro atoms. The van der Waals surface area contributed by atoms with Gasteiger partial charge in [0, 0.05) is 13.1 Å². The first-order valence-corrected chi connectivity index (χ1v) is 5.34. The van der Waals surface area contributed by atoms with Crippen molar-refractivity contribution in [3.05, 3.63) is 11.6 Å². The second-order valence-electron chi connectivity index (χ2n) is 4.15. The monoisotopic (exact) mass is 199 g/mol. The third-order valence-electron chi connectivity index (χ3n) is 2.46. The van der Waals surface area contributed by atoms with E-state index in [9.17, 15) is 5.11 Å². The van der Waals surface area contributed by atoms with Crippen molar-refractivity contribution in [1.82, 2.24) is 5.32 Å². The molecule has 0 radical (unpaired) electrons. The molecular weight excluding hydrogens is 178 g/mol. The van der Waals surface area contributed by atoms with Gasteiger partial charge in [0.1, 0.15) is 0 Å². The van der Waals surface area contributed by atoms with Crippen LogP contribution in [0.2, 0.25) is 0 Å². The van der Waals surface area contributed by atoms with Crippen molar-refractivity contribution in [2.75, 3.05) is 26.3 Å². The summed E-state index contributed by atoms with van der Waals surface area (Å²) >= 11 is 0. The van der Waals surface area contributed by atoms with Gasteiger partial charge >= 0.3 is 0 Å². The maximum Gasteiger partial charge on any atom is 0.0689 e. The lowest BCUT2D eigenvalue weighted by atomic mass is 10.1. The summed E-state index contributed by atoms with van der Waals surface area (Å²) in [5, 5.41) is 12.8.